The number of aromatic amines is 1. The molecule has 6 nitrogen and oxygen atoms in total. The molecule has 1 amide bonds. The fraction of sp³-hybridized carbons (Fsp3) is 0.0625. The van der Waals surface area contributed by atoms with Gasteiger partial charge in [0.05, 0.1) is 36.8 Å². The molecule has 0 spiro atoms. The minimum atomic E-state index is -0.375. The van der Waals surface area contributed by atoms with Crippen molar-refractivity contribution in [1.29, 1.82) is 0 Å². The van der Waals surface area contributed by atoms with Gasteiger partial charge in [-0.2, -0.15) is 0 Å². The maximum absolute atomic E-state index is 13.0. The van der Waals surface area contributed by atoms with E-state index in [1.165, 1.54) is 0 Å². The van der Waals surface area contributed by atoms with Gasteiger partial charge in [-0.05, 0) is 52.1 Å². The van der Waals surface area contributed by atoms with Crippen LogP contribution in [-0.4, -0.2) is 35.9 Å². The average Bonchev–Trinajstić information content (AvgIpc) is 3.51. The van der Waals surface area contributed by atoms with Crippen LogP contribution in [0.4, 0.5) is 0 Å². The molecular weight excluding hydrogens is 476 g/mol. The molecule has 2 heterocycles. The lowest BCUT2D eigenvalue weighted by molar-refractivity contribution is 0.101. The Kier molecular flexibility index (Phi) is 5.77. The lowest BCUT2D eigenvalue weighted by atomic mass is 9.97. The van der Waals surface area contributed by atoms with Crippen LogP contribution in [0, 0.1) is 0 Å². The fourth-order valence-electron chi connectivity index (χ4n) is 4.79. The second-order valence-electron chi connectivity index (χ2n) is 8.98. The zero-order valence-electron chi connectivity index (χ0n) is 20.9. The number of nitrogens with one attached hydrogen (secondary N) is 1. The molecule has 2 N–H and O–H groups in total. The van der Waals surface area contributed by atoms with Crippen molar-refractivity contribution in [1.82, 2.24) is 4.98 Å². The summed E-state index contributed by atoms with van der Waals surface area (Å²) in [6.07, 6.45) is 0. The third-order valence-electron chi connectivity index (χ3n) is 6.82. The third kappa shape index (κ3) is 4.02. The first-order chi connectivity index (χ1) is 18.6. The van der Waals surface area contributed by atoms with Gasteiger partial charge in [0, 0.05) is 5.56 Å². The molecule has 0 bridgehead atoms. The van der Waals surface area contributed by atoms with Crippen LogP contribution in [0.3, 0.4) is 0 Å². The first kappa shape index (κ1) is 23.3. The Morgan fingerprint density at radius 1 is 0.579 bits per heavy atom. The van der Waals surface area contributed by atoms with Crippen molar-refractivity contribution in [3.8, 4) is 50.9 Å². The molecule has 0 atom stereocenters. The zero-order valence-corrected chi connectivity index (χ0v) is 20.9. The molecule has 1 aliphatic rings. The number of ether oxygens (including phenoxy) is 2. The molecule has 6 rings (SSSR count). The van der Waals surface area contributed by atoms with Crippen LogP contribution in [0.2, 0.25) is 0 Å². The van der Waals surface area contributed by atoms with E-state index in [1.807, 2.05) is 97.1 Å². The average molecular weight is 501 g/mol. The molecule has 6 heteroatoms. The van der Waals surface area contributed by atoms with E-state index in [0.29, 0.717) is 22.5 Å². The molecule has 0 saturated carbocycles. The van der Waals surface area contributed by atoms with E-state index in [9.17, 15) is 9.90 Å². The third-order valence-corrected chi connectivity index (χ3v) is 6.82. The summed E-state index contributed by atoms with van der Waals surface area (Å²) in [6, 6.07) is 31.3. The van der Waals surface area contributed by atoms with Crippen molar-refractivity contribution in [3.05, 3.63) is 114 Å². The summed E-state index contributed by atoms with van der Waals surface area (Å²) in [5, 5.41) is 10.8. The van der Waals surface area contributed by atoms with E-state index < -0.39 is 0 Å². The molecule has 0 fully saturated rings. The predicted octanol–water partition coefficient (Wildman–Crippen LogP) is 6.73. The van der Waals surface area contributed by atoms with Gasteiger partial charge in [-0.25, -0.2) is 4.99 Å². The maximum atomic E-state index is 13.0. The van der Waals surface area contributed by atoms with Crippen molar-refractivity contribution < 1.29 is 19.4 Å². The predicted molar refractivity (Wildman–Crippen MR) is 148 cm³/mol. The SMILES string of the molecule is COc1ccc(-c2ccc(C3=NC(=O)c4c(-c5ccc(-c6ccc(OC)cc6)cc5)[nH]c(O)c43)cc2)cc1. The summed E-state index contributed by atoms with van der Waals surface area (Å²) in [4.78, 5) is 20.3. The first-order valence-corrected chi connectivity index (χ1v) is 12.1. The maximum Gasteiger partial charge on any atom is 0.280 e. The first-order valence-electron chi connectivity index (χ1n) is 12.1. The molecule has 186 valence electrons. The van der Waals surface area contributed by atoms with Gasteiger partial charge in [0.2, 0.25) is 0 Å². The van der Waals surface area contributed by atoms with Gasteiger partial charge >= 0.3 is 0 Å². The van der Waals surface area contributed by atoms with Gasteiger partial charge in [0.1, 0.15) is 11.5 Å². The van der Waals surface area contributed by atoms with Crippen LogP contribution in [0.5, 0.6) is 17.4 Å². The number of hydrogen-bond acceptors (Lipinski definition) is 4. The van der Waals surface area contributed by atoms with E-state index in [2.05, 4.69) is 9.98 Å². The topological polar surface area (TPSA) is 83.9 Å². The Hall–Kier alpha value is -5.10. The van der Waals surface area contributed by atoms with Gasteiger partial charge < -0.3 is 19.6 Å². The number of methoxy groups -OCH3 is 2. The molecule has 0 saturated heterocycles. The van der Waals surface area contributed by atoms with E-state index >= 15 is 0 Å². The van der Waals surface area contributed by atoms with Crippen LogP contribution in [-0.2, 0) is 0 Å². The molecule has 0 aliphatic carbocycles. The quantitative estimate of drug-likeness (QED) is 0.271. The number of carbonyl (C=O) groups excluding carboxylic acids is 1. The number of amides is 1. The van der Waals surface area contributed by atoms with Crippen molar-refractivity contribution >= 4 is 11.6 Å². The number of aromatic nitrogens is 1. The Morgan fingerprint density at radius 3 is 1.42 bits per heavy atom. The van der Waals surface area contributed by atoms with Crippen LogP contribution in [0.25, 0.3) is 33.5 Å². The van der Waals surface area contributed by atoms with Crippen LogP contribution >= 0.6 is 0 Å². The van der Waals surface area contributed by atoms with Crippen molar-refractivity contribution in [3.63, 3.8) is 0 Å². The number of carbonyl (C=O) groups is 1. The number of hydrogen-bond donors (Lipinski definition) is 2. The molecule has 38 heavy (non-hydrogen) atoms. The van der Waals surface area contributed by atoms with Crippen molar-refractivity contribution in [2.45, 2.75) is 0 Å². The number of aromatic hydroxyl groups is 1. The molecule has 5 aromatic rings. The monoisotopic (exact) mass is 500 g/mol. The van der Waals surface area contributed by atoms with E-state index in [-0.39, 0.29) is 11.8 Å². The van der Waals surface area contributed by atoms with Crippen LogP contribution in [0.1, 0.15) is 21.5 Å². The summed E-state index contributed by atoms with van der Waals surface area (Å²) >= 11 is 0. The number of H-pyrrole nitrogens is 1. The summed E-state index contributed by atoms with van der Waals surface area (Å²) < 4.78 is 10.5. The lowest BCUT2D eigenvalue weighted by Crippen LogP contribution is -1.99. The van der Waals surface area contributed by atoms with E-state index in [0.717, 1.165) is 44.9 Å². The highest BCUT2D eigenvalue weighted by molar-refractivity contribution is 6.30. The number of aliphatic imine (C=N–C) groups is 1. The number of benzene rings is 4. The Labute approximate surface area is 219 Å². The minimum Gasteiger partial charge on any atom is -0.497 e. The fourth-order valence-corrected chi connectivity index (χ4v) is 4.79. The molecular formula is C32H24N2O4. The van der Waals surface area contributed by atoms with Gasteiger partial charge in [-0.15, -0.1) is 0 Å². The molecule has 4 aromatic carbocycles. The summed E-state index contributed by atoms with van der Waals surface area (Å²) in [6.45, 7) is 0. The number of fused-ring (bicyclic) bond motifs is 1. The van der Waals surface area contributed by atoms with E-state index in [1.54, 1.807) is 14.2 Å². The van der Waals surface area contributed by atoms with E-state index in [4.69, 9.17) is 9.47 Å². The highest BCUT2D eigenvalue weighted by atomic mass is 16.5. The van der Waals surface area contributed by atoms with Crippen molar-refractivity contribution in [2.75, 3.05) is 14.2 Å². The van der Waals surface area contributed by atoms with Gasteiger partial charge in [-0.1, -0.05) is 72.8 Å². The van der Waals surface area contributed by atoms with Crippen molar-refractivity contribution in [2.24, 2.45) is 4.99 Å². The normalized spacial score (nSPS) is 12.3. The Bertz CT molecular complexity index is 1660. The van der Waals surface area contributed by atoms with Gasteiger partial charge in [0.25, 0.3) is 5.91 Å². The van der Waals surface area contributed by atoms with Crippen LogP contribution in [0.15, 0.2) is 102 Å². The molecule has 1 aromatic heterocycles. The second-order valence-corrected chi connectivity index (χ2v) is 8.98. The molecule has 0 unspecified atom stereocenters. The highest BCUT2D eigenvalue weighted by Gasteiger charge is 2.33. The Balaban J connectivity index is 1.29. The standard InChI is InChI=1S/C32H24N2O4/c1-37-25-15-11-21(12-16-25)19-3-7-23(8-4-19)29-27-28(32(36)33-29)30(34-31(27)35)24-9-5-20(6-10-24)22-13-17-26(38-2)18-14-22/h3-18,33,36H,1-2H3. The summed E-state index contributed by atoms with van der Waals surface area (Å²) in [5.41, 5.74) is 7.53. The number of nitrogens with zero attached hydrogens (tertiary/aromatic N) is 1. The van der Waals surface area contributed by atoms with Crippen LogP contribution < -0.4 is 9.47 Å². The minimum absolute atomic E-state index is 0.0712. The van der Waals surface area contributed by atoms with Gasteiger partial charge in [-0.3, -0.25) is 4.79 Å². The summed E-state index contributed by atoms with van der Waals surface area (Å²) in [5.74, 6) is 1.15. The Morgan fingerprint density at radius 2 is 0.974 bits per heavy atom. The lowest BCUT2D eigenvalue weighted by Gasteiger charge is -2.06. The summed E-state index contributed by atoms with van der Waals surface area (Å²) in [7, 11) is 3.28. The number of rotatable bonds is 6. The molecule has 0 radical (unpaired) electrons. The second kappa shape index (κ2) is 9.41. The van der Waals surface area contributed by atoms with Gasteiger partial charge in [0.15, 0.2) is 5.88 Å². The highest BCUT2D eigenvalue weighted by Crippen LogP contribution is 2.39. The zero-order chi connectivity index (χ0) is 26.2. The molecule has 1 aliphatic heterocycles. The smallest absolute Gasteiger partial charge is 0.280 e. The largest absolute Gasteiger partial charge is 0.497 e.